The van der Waals surface area contributed by atoms with Gasteiger partial charge in [-0.3, -0.25) is 0 Å². The third kappa shape index (κ3) is 2.40. The van der Waals surface area contributed by atoms with Gasteiger partial charge in [-0.25, -0.2) is 4.79 Å². The first-order chi connectivity index (χ1) is 6.97. The number of carboxylic acid groups (broad SMARTS) is 1. The summed E-state index contributed by atoms with van der Waals surface area (Å²) in [7, 11) is 1.37. The zero-order chi connectivity index (χ0) is 11.6. The Labute approximate surface area is 92.1 Å². The first kappa shape index (κ1) is 11.8. The van der Waals surface area contributed by atoms with Crippen molar-refractivity contribution in [2.45, 2.75) is 13.0 Å². The van der Waals surface area contributed by atoms with Gasteiger partial charge < -0.3 is 14.9 Å². The molecule has 5 heteroatoms. The van der Waals surface area contributed by atoms with E-state index in [0.717, 1.165) is 5.56 Å². The molecule has 1 aromatic carbocycles. The van der Waals surface area contributed by atoms with Crippen LogP contribution in [0.1, 0.15) is 17.2 Å². The molecule has 0 aliphatic carbocycles. The van der Waals surface area contributed by atoms with E-state index in [1.54, 1.807) is 13.0 Å². The monoisotopic (exact) mass is 230 g/mol. The SMILES string of the molecule is COc1c(Cl)cc(C)cc1C(O)C(=O)O. The van der Waals surface area contributed by atoms with Gasteiger partial charge in [-0.2, -0.15) is 0 Å². The molecule has 0 fully saturated rings. The summed E-state index contributed by atoms with van der Waals surface area (Å²) in [5.74, 6) is -1.15. The van der Waals surface area contributed by atoms with Crippen LogP contribution in [0, 0.1) is 6.92 Å². The number of benzene rings is 1. The van der Waals surface area contributed by atoms with E-state index in [-0.39, 0.29) is 16.3 Å². The van der Waals surface area contributed by atoms with Crippen LogP contribution in [0.4, 0.5) is 0 Å². The van der Waals surface area contributed by atoms with Crippen LogP contribution >= 0.6 is 11.6 Å². The molecule has 0 amide bonds. The minimum atomic E-state index is -1.63. The Hall–Kier alpha value is -1.26. The average molecular weight is 231 g/mol. The summed E-state index contributed by atoms with van der Waals surface area (Å²) in [4.78, 5) is 10.6. The number of carbonyl (C=O) groups is 1. The Kier molecular flexibility index (Phi) is 3.55. The molecule has 0 heterocycles. The quantitative estimate of drug-likeness (QED) is 0.831. The molecule has 15 heavy (non-hydrogen) atoms. The molecule has 2 N–H and O–H groups in total. The van der Waals surface area contributed by atoms with E-state index >= 15 is 0 Å². The van der Waals surface area contributed by atoms with Crippen LogP contribution in [0.2, 0.25) is 5.02 Å². The number of hydrogen-bond donors (Lipinski definition) is 2. The molecule has 0 saturated heterocycles. The van der Waals surface area contributed by atoms with Crippen molar-refractivity contribution < 1.29 is 19.7 Å². The number of aryl methyl sites for hydroxylation is 1. The third-order valence-corrected chi connectivity index (χ3v) is 2.23. The number of aliphatic carboxylic acids is 1. The summed E-state index contributed by atoms with van der Waals surface area (Å²) in [6.45, 7) is 1.75. The smallest absolute Gasteiger partial charge is 0.337 e. The molecular weight excluding hydrogens is 220 g/mol. The van der Waals surface area contributed by atoms with Crippen LogP contribution in [0.5, 0.6) is 5.75 Å². The fraction of sp³-hybridized carbons (Fsp3) is 0.300. The average Bonchev–Trinajstić information content (AvgIpc) is 2.15. The molecular formula is C10H11ClO4. The maximum absolute atomic E-state index is 10.6. The molecule has 1 unspecified atom stereocenters. The van der Waals surface area contributed by atoms with Crippen LogP contribution in [0.3, 0.4) is 0 Å². The molecule has 0 radical (unpaired) electrons. The Morgan fingerprint density at radius 1 is 1.53 bits per heavy atom. The lowest BCUT2D eigenvalue weighted by atomic mass is 10.1. The zero-order valence-electron chi connectivity index (χ0n) is 8.32. The van der Waals surface area contributed by atoms with E-state index in [2.05, 4.69) is 0 Å². The number of methoxy groups -OCH3 is 1. The summed E-state index contributed by atoms with van der Waals surface area (Å²) in [6, 6.07) is 3.17. The lowest BCUT2D eigenvalue weighted by Crippen LogP contribution is -2.12. The van der Waals surface area contributed by atoms with E-state index < -0.39 is 12.1 Å². The van der Waals surface area contributed by atoms with Gasteiger partial charge >= 0.3 is 5.97 Å². The molecule has 1 atom stereocenters. The summed E-state index contributed by atoms with van der Waals surface area (Å²) >= 11 is 5.85. The van der Waals surface area contributed by atoms with Gasteiger partial charge in [0.05, 0.1) is 12.1 Å². The summed E-state index contributed by atoms with van der Waals surface area (Å²) in [5, 5.41) is 18.4. The largest absolute Gasteiger partial charge is 0.495 e. The van der Waals surface area contributed by atoms with Gasteiger partial charge in [-0.1, -0.05) is 11.6 Å². The second-order valence-corrected chi connectivity index (χ2v) is 3.52. The maximum atomic E-state index is 10.6. The van der Waals surface area contributed by atoms with Crippen LogP contribution in [0.15, 0.2) is 12.1 Å². The lowest BCUT2D eigenvalue weighted by Gasteiger charge is -2.13. The fourth-order valence-electron chi connectivity index (χ4n) is 1.31. The predicted octanol–water partition coefficient (Wildman–Crippen LogP) is 1.78. The highest BCUT2D eigenvalue weighted by molar-refractivity contribution is 6.32. The van der Waals surface area contributed by atoms with Crippen LogP contribution in [-0.2, 0) is 4.79 Å². The second kappa shape index (κ2) is 4.51. The number of halogens is 1. The van der Waals surface area contributed by atoms with E-state index in [9.17, 15) is 9.90 Å². The highest BCUT2D eigenvalue weighted by atomic mass is 35.5. The number of ether oxygens (including phenoxy) is 1. The molecule has 0 spiro atoms. The van der Waals surface area contributed by atoms with Gasteiger partial charge in [0.25, 0.3) is 0 Å². The van der Waals surface area contributed by atoms with Crippen molar-refractivity contribution in [3.63, 3.8) is 0 Å². The number of rotatable bonds is 3. The van der Waals surface area contributed by atoms with Gasteiger partial charge in [0, 0.05) is 5.56 Å². The van der Waals surface area contributed by atoms with Gasteiger partial charge in [0.2, 0.25) is 0 Å². The van der Waals surface area contributed by atoms with E-state index in [1.165, 1.54) is 13.2 Å². The lowest BCUT2D eigenvalue weighted by molar-refractivity contribution is -0.147. The Morgan fingerprint density at radius 3 is 2.60 bits per heavy atom. The van der Waals surface area contributed by atoms with E-state index in [4.69, 9.17) is 21.4 Å². The summed E-state index contributed by atoms with van der Waals surface area (Å²) < 4.78 is 4.95. The van der Waals surface area contributed by atoms with Crippen LogP contribution in [0.25, 0.3) is 0 Å². The van der Waals surface area contributed by atoms with Crippen molar-refractivity contribution in [3.05, 3.63) is 28.3 Å². The Balaban J connectivity index is 3.32. The number of aliphatic hydroxyl groups is 1. The molecule has 0 bridgehead atoms. The zero-order valence-corrected chi connectivity index (χ0v) is 9.08. The molecule has 1 rings (SSSR count). The predicted molar refractivity (Wildman–Crippen MR) is 55.3 cm³/mol. The minimum Gasteiger partial charge on any atom is -0.495 e. The Morgan fingerprint density at radius 2 is 2.13 bits per heavy atom. The van der Waals surface area contributed by atoms with Crippen molar-refractivity contribution in [2.75, 3.05) is 7.11 Å². The molecule has 82 valence electrons. The molecule has 0 saturated carbocycles. The first-order valence-electron chi connectivity index (χ1n) is 4.22. The topological polar surface area (TPSA) is 66.8 Å². The maximum Gasteiger partial charge on any atom is 0.337 e. The second-order valence-electron chi connectivity index (χ2n) is 3.11. The summed E-state index contributed by atoms with van der Waals surface area (Å²) in [6.07, 6.45) is -1.63. The standard InChI is InChI=1S/C10H11ClO4/c1-5-3-6(8(12)10(13)14)9(15-2)7(11)4-5/h3-4,8,12H,1-2H3,(H,13,14). The molecule has 4 nitrogen and oxygen atoms in total. The normalized spacial score (nSPS) is 12.3. The fourth-order valence-corrected chi connectivity index (χ4v) is 1.67. The number of hydrogen-bond acceptors (Lipinski definition) is 3. The number of aliphatic hydroxyl groups excluding tert-OH is 1. The molecule has 1 aromatic rings. The van der Waals surface area contributed by atoms with Crippen molar-refractivity contribution in [3.8, 4) is 5.75 Å². The first-order valence-corrected chi connectivity index (χ1v) is 4.60. The van der Waals surface area contributed by atoms with Gasteiger partial charge in [0.1, 0.15) is 5.75 Å². The van der Waals surface area contributed by atoms with Gasteiger partial charge in [-0.15, -0.1) is 0 Å². The van der Waals surface area contributed by atoms with E-state index in [0.29, 0.717) is 0 Å². The molecule has 0 aliphatic heterocycles. The van der Waals surface area contributed by atoms with Gasteiger partial charge in [0.15, 0.2) is 6.10 Å². The van der Waals surface area contributed by atoms with Crippen molar-refractivity contribution in [1.82, 2.24) is 0 Å². The Bertz CT molecular complexity index is 389. The van der Waals surface area contributed by atoms with Gasteiger partial charge in [-0.05, 0) is 24.6 Å². The van der Waals surface area contributed by atoms with Crippen LogP contribution in [-0.4, -0.2) is 23.3 Å². The third-order valence-electron chi connectivity index (χ3n) is 1.95. The van der Waals surface area contributed by atoms with Crippen molar-refractivity contribution in [2.24, 2.45) is 0 Å². The molecule has 0 aliphatic rings. The highest BCUT2D eigenvalue weighted by Crippen LogP contribution is 2.34. The van der Waals surface area contributed by atoms with Crippen LogP contribution < -0.4 is 4.74 Å². The van der Waals surface area contributed by atoms with E-state index in [1.807, 2.05) is 0 Å². The summed E-state index contributed by atoms with van der Waals surface area (Å²) in [5.41, 5.74) is 0.922. The van der Waals surface area contributed by atoms with Crippen molar-refractivity contribution in [1.29, 1.82) is 0 Å². The molecule has 0 aromatic heterocycles. The van der Waals surface area contributed by atoms with Crippen molar-refractivity contribution >= 4 is 17.6 Å². The highest BCUT2D eigenvalue weighted by Gasteiger charge is 2.22. The minimum absolute atomic E-state index is 0.162. The number of carboxylic acids is 1.